The van der Waals surface area contributed by atoms with Gasteiger partial charge in [0.15, 0.2) is 6.10 Å². The van der Waals surface area contributed by atoms with Gasteiger partial charge in [0.2, 0.25) is 0 Å². The SMILES string of the molecule is C[C@H](Oc1cccc(Cl)c1)C(=O)N1CC[C@H](C(=O)O)C1. The molecular formula is C14H16ClNO4. The summed E-state index contributed by atoms with van der Waals surface area (Å²) in [5.41, 5.74) is 0. The average Bonchev–Trinajstić information content (AvgIpc) is 2.87. The number of hydrogen-bond donors (Lipinski definition) is 1. The van der Waals surface area contributed by atoms with E-state index in [1.807, 2.05) is 0 Å². The lowest BCUT2D eigenvalue weighted by atomic mass is 10.1. The third-order valence-electron chi connectivity index (χ3n) is 3.31. The Morgan fingerprint density at radius 1 is 1.50 bits per heavy atom. The molecule has 6 heteroatoms. The van der Waals surface area contributed by atoms with E-state index in [1.54, 1.807) is 31.2 Å². The lowest BCUT2D eigenvalue weighted by molar-refractivity contribution is -0.142. The van der Waals surface area contributed by atoms with Gasteiger partial charge in [0.25, 0.3) is 5.91 Å². The molecule has 108 valence electrons. The Morgan fingerprint density at radius 2 is 2.25 bits per heavy atom. The molecule has 20 heavy (non-hydrogen) atoms. The van der Waals surface area contributed by atoms with Crippen molar-refractivity contribution in [3.8, 4) is 5.75 Å². The van der Waals surface area contributed by atoms with Gasteiger partial charge in [-0.3, -0.25) is 9.59 Å². The summed E-state index contributed by atoms with van der Waals surface area (Å²) >= 11 is 5.85. The molecule has 0 aliphatic carbocycles. The molecule has 2 atom stereocenters. The summed E-state index contributed by atoms with van der Waals surface area (Å²) in [6.07, 6.45) is -0.175. The summed E-state index contributed by atoms with van der Waals surface area (Å²) in [6, 6.07) is 6.82. The maximum atomic E-state index is 12.2. The maximum absolute atomic E-state index is 12.2. The van der Waals surface area contributed by atoms with Crippen molar-refractivity contribution in [1.29, 1.82) is 0 Å². The number of hydrogen-bond acceptors (Lipinski definition) is 3. The number of rotatable bonds is 4. The molecule has 1 aromatic rings. The molecule has 5 nitrogen and oxygen atoms in total. The summed E-state index contributed by atoms with van der Waals surface area (Å²) < 4.78 is 5.54. The number of carboxylic acid groups (broad SMARTS) is 1. The van der Waals surface area contributed by atoms with Gasteiger partial charge in [0.05, 0.1) is 5.92 Å². The van der Waals surface area contributed by atoms with E-state index in [4.69, 9.17) is 21.4 Å². The molecule has 1 saturated heterocycles. The van der Waals surface area contributed by atoms with E-state index in [0.717, 1.165) is 0 Å². The second-order valence-electron chi connectivity index (χ2n) is 4.83. The minimum Gasteiger partial charge on any atom is -0.481 e. The van der Waals surface area contributed by atoms with E-state index in [2.05, 4.69) is 0 Å². The molecule has 0 spiro atoms. The molecule has 0 radical (unpaired) electrons. The summed E-state index contributed by atoms with van der Waals surface area (Å²) in [6.45, 7) is 2.35. The third-order valence-corrected chi connectivity index (χ3v) is 3.54. The monoisotopic (exact) mass is 297 g/mol. The molecule has 0 bridgehead atoms. The van der Waals surface area contributed by atoms with Crippen molar-refractivity contribution in [2.75, 3.05) is 13.1 Å². The fourth-order valence-corrected chi connectivity index (χ4v) is 2.39. The highest BCUT2D eigenvalue weighted by Gasteiger charge is 2.33. The largest absolute Gasteiger partial charge is 0.481 e. The molecule has 1 fully saturated rings. The summed E-state index contributed by atoms with van der Waals surface area (Å²) in [7, 11) is 0. The Bertz CT molecular complexity index is 520. The van der Waals surface area contributed by atoms with Crippen LogP contribution in [-0.4, -0.2) is 41.1 Å². The Balaban J connectivity index is 1.94. The van der Waals surface area contributed by atoms with E-state index in [1.165, 1.54) is 4.90 Å². The van der Waals surface area contributed by atoms with Crippen molar-refractivity contribution >= 4 is 23.5 Å². The molecule has 1 N–H and O–H groups in total. The van der Waals surface area contributed by atoms with Crippen LogP contribution in [0.5, 0.6) is 5.75 Å². The molecule has 1 amide bonds. The molecule has 1 aromatic carbocycles. The number of carboxylic acids is 1. The molecule has 0 unspecified atom stereocenters. The lowest BCUT2D eigenvalue weighted by Crippen LogP contribution is -2.39. The topological polar surface area (TPSA) is 66.8 Å². The zero-order chi connectivity index (χ0) is 14.7. The number of amides is 1. The van der Waals surface area contributed by atoms with Crippen LogP contribution in [0.4, 0.5) is 0 Å². The first-order valence-corrected chi connectivity index (χ1v) is 6.79. The van der Waals surface area contributed by atoms with Crippen molar-refractivity contribution < 1.29 is 19.4 Å². The second-order valence-corrected chi connectivity index (χ2v) is 5.26. The number of aliphatic carboxylic acids is 1. The van der Waals surface area contributed by atoms with Gasteiger partial charge in [-0.1, -0.05) is 17.7 Å². The quantitative estimate of drug-likeness (QED) is 0.923. The second kappa shape index (κ2) is 6.13. The smallest absolute Gasteiger partial charge is 0.308 e. The van der Waals surface area contributed by atoms with Crippen molar-refractivity contribution in [3.63, 3.8) is 0 Å². The average molecular weight is 298 g/mol. The number of carbonyl (C=O) groups is 2. The summed E-state index contributed by atoms with van der Waals surface area (Å²) in [5.74, 6) is -1.01. The van der Waals surface area contributed by atoms with Crippen molar-refractivity contribution in [1.82, 2.24) is 4.90 Å². The van der Waals surface area contributed by atoms with Gasteiger partial charge in [-0.15, -0.1) is 0 Å². The zero-order valence-electron chi connectivity index (χ0n) is 11.1. The van der Waals surface area contributed by atoms with Crippen LogP contribution >= 0.6 is 11.6 Å². The Morgan fingerprint density at radius 3 is 2.85 bits per heavy atom. The number of halogens is 1. The first kappa shape index (κ1) is 14.7. The minimum absolute atomic E-state index is 0.200. The molecule has 1 heterocycles. The van der Waals surface area contributed by atoms with Gasteiger partial charge >= 0.3 is 5.97 Å². The van der Waals surface area contributed by atoms with Gasteiger partial charge in [-0.25, -0.2) is 0 Å². The molecule has 1 aliphatic rings. The predicted molar refractivity (Wildman–Crippen MR) is 73.9 cm³/mol. The number of likely N-dealkylation sites (tertiary alicyclic amines) is 1. The van der Waals surface area contributed by atoms with Gasteiger partial charge in [-0.05, 0) is 31.5 Å². The molecule has 1 aliphatic heterocycles. The maximum Gasteiger partial charge on any atom is 0.308 e. The van der Waals surface area contributed by atoms with E-state index in [9.17, 15) is 9.59 Å². The van der Waals surface area contributed by atoms with E-state index in [-0.39, 0.29) is 12.5 Å². The van der Waals surface area contributed by atoms with E-state index >= 15 is 0 Å². The van der Waals surface area contributed by atoms with Crippen LogP contribution in [0.3, 0.4) is 0 Å². The third kappa shape index (κ3) is 3.42. The van der Waals surface area contributed by atoms with E-state index in [0.29, 0.717) is 23.7 Å². The Hall–Kier alpha value is -1.75. The molecule has 0 aromatic heterocycles. The van der Waals surface area contributed by atoms with E-state index < -0.39 is 18.0 Å². The number of nitrogens with zero attached hydrogens (tertiary/aromatic N) is 1. The lowest BCUT2D eigenvalue weighted by Gasteiger charge is -2.21. The van der Waals surface area contributed by atoms with Crippen LogP contribution in [0.1, 0.15) is 13.3 Å². The number of ether oxygens (including phenoxy) is 1. The van der Waals surface area contributed by atoms with Gasteiger partial charge in [0, 0.05) is 18.1 Å². The van der Waals surface area contributed by atoms with Crippen LogP contribution in [0.2, 0.25) is 5.02 Å². The first-order valence-electron chi connectivity index (χ1n) is 6.41. The fraction of sp³-hybridized carbons (Fsp3) is 0.429. The highest BCUT2D eigenvalue weighted by atomic mass is 35.5. The fourth-order valence-electron chi connectivity index (χ4n) is 2.21. The Labute approximate surface area is 122 Å². The molecule has 0 saturated carbocycles. The zero-order valence-corrected chi connectivity index (χ0v) is 11.8. The highest BCUT2D eigenvalue weighted by molar-refractivity contribution is 6.30. The molecule has 2 rings (SSSR count). The highest BCUT2D eigenvalue weighted by Crippen LogP contribution is 2.21. The van der Waals surface area contributed by atoms with Crippen molar-refractivity contribution in [3.05, 3.63) is 29.3 Å². The normalized spacial score (nSPS) is 19.7. The van der Waals surface area contributed by atoms with Crippen LogP contribution in [0.15, 0.2) is 24.3 Å². The van der Waals surface area contributed by atoms with Gasteiger partial charge in [0.1, 0.15) is 5.75 Å². The predicted octanol–water partition coefficient (Wildman–Crippen LogP) is 2.04. The first-order chi connectivity index (χ1) is 9.47. The number of benzene rings is 1. The van der Waals surface area contributed by atoms with Crippen molar-refractivity contribution in [2.24, 2.45) is 5.92 Å². The van der Waals surface area contributed by atoms with Gasteiger partial charge < -0.3 is 14.7 Å². The Kier molecular flexibility index (Phi) is 4.49. The van der Waals surface area contributed by atoms with Gasteiger partial charge in [-0.2, -0.15) is 0 Å². The molecular weight excluding hydrogens is 282 g/mol. The van der Waals surface area contributed by atoms with Crippen LogP contribution in [0, 0.1) is 5.92 Å². The van der Waals surface area contributed by atoms with Crippen LogP contribution in [-0.2, 0) is 9.59 Å². The summed E-state index contributed by atoms with van der Waals surface area (Å²) in [4.78, 5) is 24.6. The standard InChI is InChI=1S/C14H16ClNO4/c1-9(20-12-4-2-3-11(15)7-12)13(17)16-6-5-10(8-16)14(18)19/h2-4,7,9-10H,5-6,8H2,1H3,(H,18,19)/t9-,10-/m0/s1. The summed E-state index contributed by atoms with van der Waals surface area (Å²) in [5, 5.41) is 9.47. The minimum atomic E-state index is -0.858. The van der Waals surface area contributed by atoms with Crippen molar-refractivity contribution in [2.45, 2.75) is 19.4 Å². The number of carbonyl (C=O) groups excluding carboxylic acids is 1. The van der Waals surface area contributed by atoms with Crippen LogP contribution < -0.4 is 4.74 Å². The van der Waals surface area contributed by atoms with Crippen LogP contribution in [0.25, 0.3) is 0 Å².